The van der Waals surface area contributed by atoms with Crippen molar-refractivity contribution >= 4 is 27.8 Å². The molecule has 1 aromatic carbocycles. The molecule has 1 fully saturated rings. The minimum Gasteiger partial charge on any atom is -0.481 e. The number of hydrogen-bond acceptors (Lipinski definition) is 3. The van der Waals surface area contributed by atoms with Crippen LogP contribution >= 0.6 is 15.9 Å². The van der Waals surface area contributed by atoms with E-state index in [1.165, 1.54) is 17.0 Å². The number of hydrogen-bond donors (Lipinski definition) is 1. The third-order valence-electron chi connectivity index (χ3n) is 3.00. The highest BCUT2D eigenvalue weighted by Crippen LogP contribution is 2.22. The molecule has 0 aliphatic carbocycles. The number of amides is 1. The number of carbonyl (C=O) groups excluding carboxylic acids is 1. The van der Waals surface area contributed by atoms with Gasteiger partial charge >= 0.3 is 5.97 Å². The second-order valence-electron chi connectivity index (χ2n) is 4.44. The first kappa shape index (κ1) is 14.9. The lowest BCUT2D eigenvalue weighted by atomic mass is 10.1. The van der Waals surface area contributed by atoms with Crippen molar-refractivity contribution in [1.82, 2.24) is 4.90 Å². The van der Waals surface area contributed by atoms with Crippen molar-refractivity contribution in [3.05, 3.63) is 34.1 Å². The molecule has 108 valence electrons. The largest absolute Gasteiger partial charge is 0.481 e. The number of ether oxygens (including phenoxy) is 1. The van der Waals surface area contributed by atoms with Crippen LogP contribution in [0.3, 0.4) is 0 Å². The molecule has 7 heteroatoms. The topological polar surface area (TPSA) is 66.8 Å². The summed E-state index contributed by atoms with van der Waals surface area (Å²) in [6, 6.07) is 4.31. The maximum atomic E-state index is 13.8. The van der Waals surface area contributed by atoms with E-state index in [1.807, 2.05) is 0 Å². The molecule has 1 aliphatic heterocycles. The van der Waals surface area contributed by atoms with E-state index in [4.69, 9.17) is 9.84 Å². The summed E-state index contributed by atoms with van der Waals surface area (Å²) in [5.41, 5.74) is -0.0384. The van der Waals surface area contributed by atoms with Gasteiger partial charge in [-0.25, -0.2) is 4.39 Å². The summed E-state index contributed by atoms with van der Waals surface area (Å²) in [5.74, 6) is -2.06. The molecule has 1 aromatic rings. The van der Waals surface area contributed by atoms with Crippen molar-refractivity contribution in [2.24, 2.45) is 0 Å². The van der Waals surface area contributed by atoms with Gasteiger partial charge in [0.2, 0.25) is 0 Å². The van der Waals surface area contributed by atoms with Gasteiger partial charge in [0, 0.05) is 17.6 Å². The lowest BCUT2D eigenvalue weighted by Gasteiger charge is -2.32. The molecule has 1 unspecified atom stereocenters. The molecule has 0 spiro atoms. The summed E-state index contributed by atoms with van der Waals surface area (Å²) in [4.78, 5) is 24.4. The van der Waals surface area contributed by atoms with E-state index >= 15 is 0 Å². The predicted octanol–water partition coefficient (Wildman–Crippen LogP) is 1.90. The maximum absolute atomic E-state index is 13.8. The van der Waals surface area contributed by atoms with Gasteiger partial charge in [-0.1, -0.05) is 6.07 Å². The van der Waals surface area contributed by atoms with Crippen LogP contribution in [0, 0.1) is 5.82 Å². The molecule has 0 saturated carbocycles. The van der Waals surface area contributed by atoms with E-state index in [0.717, 1.165) is 0 Å². The molecule has 2 rings (SSSR count). The number of halogens is 2. The van der Waals surface area contributed by atoms with Crippen LogP contribution < -0.4 is 0 Å². The Kier molecular flexibility index (Phi) is 4.72. The fourth-order valence-corrected chi connectivity index (χ4v) is 2.59. The number of carboxylic acids is 1. The predicted molar refractivity (Wildman–Crippen MR) is 72.0 cm³/mol. The van der Waals surface area contributed by atoms with Crippen molar-refractivity contribution in [3.8, 4) is 0 Å². The Morgan fingerprint density at radius 3 is 2.90 bits per heavy atom. The third kappa shape index (κ3) is 3.34. The van der Waals surface area contributed by atoms with Gasteiger partial charge in [-0.3, -0.25) is 9.59 Å². The Morgan fingerprint density at radius 1 is 1.50 bits per heavy atom. The molecule has 0 aromatic heterocycles. The summed E-state index contributed by atoms with van der Waals surface area (Å²) >= 11 is 3.16. The summed E-state index contributed by atoms with van der Waals surface area (Å²) in [7, 11) is 0. The number of rotatable bonds is 3. The normalized spacial score (nSPS) is 18.9. The molecule has 1 N–H and O–H groups in total. The van der Waals surface area contributed by atoms with Crippen LogP contribution in [0.1, 0.15) is 16.8 Å². The number of carbonyl (C=O) groups is 2. The van der Waals surface area contributed by atoms with Gasteiger partial charge in [0.25, 0.3) is 5.91 Å². The first-order chi connectivity index (χ1) is 9.49. The molecule has 0 bridgehead atoms. The molecule has 1 saturated heterocycles. The zero-order chi connectivity index (χ0) is 14.7. The van der Waals surface area contributed by atoms with Crippen molar-refractivity contribution < 1.29 is 23.8 Å². The summed E-state index contributed by atoms with van der Waals surface area (Å²) in [6.45, 7) is 0.706. The monoisotopic (exact) mass is 345 g/mol. The van der Waals surface area contributed by atoms with E-state index in [-0.39, 0.29) is 25.1 Å². The van der Waals surface area contributed by atoms with Crippen LogP contribution in [-0.2, 0) is 9.53 Å². The third-order valence-corrected chi connectivity index (χ3v) is 3.67. The van der Waals surface area contributed by atoms with E-state index < -0.39 is 23.8 Å². The minimum atomic E-state index is -0.989. The van der Waals surface area contributed by atoms with Gasteiger partial charge < -0.3 is 14.7 Å². The molecule has 0 radical (unpaired) electrons. The van der Waals surface area contributed by atoms with Gasteiger partial charge in [0.05, 0.1) is 24.7 Å². The molecule has 1 aliphatic rings. The fourth-order valence-electron chi connectivity index (χ4n) is 2.08. The summed E-state index contributed by atoms with van der Waals surface area (Å²) in [5, 5.41) is 8.74. The molecule has 1 atom stereocenters. The molecular formula is C13H13BrFNO4. The first-order valence-electron chi connectivity index (χ1n) is 6.05. The van der Waals surface area contributed by atoms with Crippen molar-refractivity contribution in [1.29, 1.82) is 0 Å². The van der Waals surface area contributed by atoms with Gasteiger partial charge in [0.15, 0.2) is 0 Å². The lowest BCUT2D eigenvalue weighted by molar-refractivity contribution is -0.141. The quantitative estimate of drug-likeness (QED) is 0.908. The van der Waals surface area contributed by atoms with Crippen LogP contribution in [0.4, 0.5) is 4.39 Å². The highest BCUT2D eigenvalue weighted by molar-refractivity contribution is 9.10. The number of nitrogens with zero attached hydrogens (tertiary/aromatic N) is 1. The molecule has 1 heterocycles. The van der Waals surface area contributed by atoms with Crippen molar-refractivity contribution in [3.63, 3.8) is 0 Å². The zero-order valence-electron chi connectivity index (χ0n) is 10.5. The Bertz CT molecular complexity index is 517. The van der Waals surface area contributed by atoms with Crippen LogP contribution in [0.2, 0.25) is 0 Å². The highest BCUT2D eigenvalue weighted by Gasteiger charge is 2.28. The van der Waals surface area contributed by atoms with Gasteiger partial charge in [-0.15, -0.1) is 0 Å². The van der Waals surface area contributed by atoms with Gasteiger partial charge in [0.1, 0.15) is 5.82 Å². The van der Waals surface area contributed by atoms with E-state index in [9.17, 15) is 14.0 Å². The Hall–Kier alpha value is -1.47. The van der Waals surface area contributed by atoms with Crippen LogP contribution in [0.5, 0.6) is 0 Å². The maximum Gasteiger partial charge on any atom is 0.306 e. The molecule has 20 heavy (non-hydrogen) atoms. The average Bonchev–Trinajstić information content (AvgIpc) is 2.38. The second-order valence-corrected chi connectivity index (χ2v) is 5.29. The smallest absolute Gasteiger partial charge is 0.306 e. The van der Waals surface area contributed by atoms with Crippen LogP contribution in [-0.4, -0.2) is 47.7 Å². The summed E-state index contributed by atoms with van der Waals surface area (Å²) < 4.78 is 19.4. The van der Waals surface area contributed by atoms with Gasteiger partial charge in [-0.2, -0.15) is 0 Å². The lowest BCUT2D eigenvalue weighted by Crippen LogP contribution is -2.46. The Labute approximate surface area is 123 Å². The average molecular weight is 346 g/mol. The number of carboxylic acid groups (broad SMARTS) is 1. The van der Waals surface area contributed by atoms with E-state index in [1.54, 1.807) is 6.07 Å². The number of benzene rings is 1. The van der Waals surface area contributed by atoms with E-state index in [2.05, 4.69) is 15.9 Å². The highest BCUT2D eigenvalue weighted by atomic mass is 79.9. The molecule has 1 amide bonds. The van der Waals surface area contributed by atoms with Crippen LogP contribution in [0.25, 0.3) is 0 Å². The Morgan fingerprint density at radius 2 is 2.25 bits per heavy atom. The standard InChI is InChI=1S/C13H13BrFNO4/c14-9-2-1-3-10(15)12(9)13(19)16-4-5-20-8(7-16)6-11(17)18/h1-3,8H,4-7H2,(H,17,18). The fraction of sp³-hybridized carbons (Fsp3) is 0.385. The van der Waals surface area contributed by atoms with E-state index in [0.29, 0.717) is 11.0 Å². The molecular weight excluding hydrogens is 333 g/mol. The molecule has 5 nitrogen and oxygen atoms in total. The number of morpholine rings is 1. The second kappa shape index (κ2) is 6.32. The Balaban J connectivity index is 2.14. The minimum absolute atomic E-state index is 0.0384. The number of aliphatic carboxylic acids is 1. The summed E-state index contributed by atoms with van der Waals surface area (Å²) in [6.07, 6.45) is -0.738. The van der Waals surface area contributed by atoms with Crippen LogP contribution in [0.15, 0.2) is 22.7 Å². The zero-order valence-corrected chi connectivity index (χ0v) is 12.1. The van der Waals surface area contributed by atoms with Crippen molar-refractivity contribution in [2.75, 3.05) is 19.7 Å². The van der Waals surface area contributed by atoms with Gasteiger partial charge in [-0.05, 0) is 28.1 Å². The first-order valence-corrected chi connectivity index (χ1v) is 6.85. The SMILES string of the molecule is O=C(O)CC1CN(C(=O)c2c(F)cccc2Br)CCO1. The van der Waals surface area contributed by atoms with Crippen molar-refractivity contribution in [2.45, 2.75) is 12.5 Å².